The topological polar surface area (TPSA) is 46.3 Å². The van der Waals surface area contributed by atoms with Crippen molar-refractivity contribution in [3.8, 4) is 0 Å². The summed E-state index contributed by atoms with van der Waals surface area (Å²) >= 11 is 13.0. The zero-order chi connectivity index (χ0) is 13.9. The van der Waals surface area contributed by atoms with E-state index in [1.165, 1.54) is 0 Å². The molecule has 0 saturated carbocycles. The highest BCUT2D eigenvalue weighted by atomic mass is 127. The minimum absolute atomic E-state index is 0.00623. The van der Waals surface area contributed by atoms with Gasteiger partial charge in [-0.25, -0.2) is 0 Å². The van der Waals surface area contributed by atoms with Crippen LogP contribution < -0.4 is 5.73 Å². The maximum atomic E-state index is 12.1. The van der Waals surface area contributed by atoms with Crippen LogP contribution in [0.2, 0.25) is 5.02 Å². The lowest BCUT2D eigenvalue weighted by Crippen LogP contribution is -2.35. The second-order valence-corrected chi connectivity index (χ2v) is 6.16. The third-order valence-electron chi connectivity index (χ3n) is 2.55. The fourth-order valence-electron chi connectivity index (χ4n) is 1.43. The summed E-state index contributed by atoms with van der Waals surface area (Å²) in [4.78, 5) is 14.2. The summed E-state index contributed by atoms with van der Waals surface area (Å²) in [5.41, 5.74) is 6.11. The first kappa shape index (κ1) is 15.7. The average Bonchev–Trinajstić information content (AvgIpc) is 2.31. The molecule has 1 aromatic rings. The first-order valence-electron chi connectivity index (χ1n) is 5.32. The summed E-state index contributed by atoms with van der Waals surface area (Å²) in [7, 11) is 1.73. The highest BCUT2D eigenvalue weighted by Crippen LogP contribution is 2.20. The molecule has 0 saturated heterocycles. The third kappa shape index (κ3) is 4.07. The van der Waals surface area contributed by atoms with Crippen molar-refractivity contribution < 1.29 is 4.79 Å². The molecule has 0 spiro atoms. The predicted molar refractivity (Wildman–Crippen MR) is 87.1 cm³/mol. The molecule has 0 aliphatic carbocycles. The number of nitrogens with zero attached hydrogens (tertiary/aromatic N) is 1. The van der Waals surface area contributed by atoms with Gasteiger partial charge in [0.1, 0.15) is 0 Å². The van der Waals surface area contributed by atoms with Crippen molar-refractivity contribution in [1.29, 1.82) is 0 Å². The highest BCUT2D eigenvalue weighted by molar-refractivity contribution is 14.1. The first-order valence-corrected chi connectivity index (χ1v) is 7.19. The number of thiocarbonyl (C=S) groups is 1. The molecule has 1 unspecified atom stereocenters. The Morgan fingerprint density at radius 2 is 2.22 bits per heavy atom. The number of carbonyl (C=O) groups excluding carboxylic acids is 1. The molecule has 1 rings (SSSR count). The van der Waals surface area contributed by atoms with Crippen LogP contribution in [0.5, 0.6) is 0 Å². The SMILES string of the molecule is CC(CN(C)C(=O)c1ccc(I)c(Cl)c1)C(N)=S. The van der Waals surface area contributed by atoms with Gasteiger partial charge < -0.3 is 10.6 Å². The van der Waals surface area contributed by atoms with Gasteiger partial charge in [0.2, 0.25) is 0 Å². The zero-order valence-electron chi connectivity index (χ0n) is 10.1. The third-order valence-corrected chi connectivity index (χ3v) is 4.52. The molecule has 18 heavy (non-hydrogen) atoms. The first-order chi connectivity index (χ1) is 8.32. The van der Waals surface area contributed by atoms with E-state index in [9.17, 15) is 4.79 Å². The minimum Gasteiger partial charge on any atom is -0.393 e. The second-order valence-electron chi connectivity index (χ2n) is 4.12. The van der Waals surface area contributed by atoms with Crippen LogP contribution in [-0.4, -0.2) is 29.4 Å². The van der Waals surface area contributed by atoms with Gasteiger partial charge in [-0.1, -0.05) is 30.7 Å². The number of hydrogen-bond acceptors (Lipinski definition) is 2. The van der Waals surface area contributed by atoms with E-state index >= 15 is 0 Å². The molecule has 0 aromatic heterocycles. The fourth-order valence-corrected chi connectivity index (χ4v) is 2.02. The lowest BCUT2D eigenvalue weighted by atomic mass is 10.1. The van der Waals surface area contributed by atoms with Crippen molar-refractivity contribution in [2.24, 2.45) is 11.7 Å². The van der Waals surface area contributed by atoms with Crippen LogP contribution in [0.1, 0.15) is 17.3 Å². The van der Waals surface area contributed by atoms with Gasteiger partial charge in [0.05, 0.1) is 10.0 Å². The predicted octanol–water partition coefficient (Wildman–Crippen LogP) is 2.94. The molecular weight excluding hydrogens is 383 g/mol. The molecule has 1 amide bonds. The zero-order valence-corrected chi connectivity index (χ0v) is 13.8. The minimum atomic E-state index is -0.0867. The Morgan fingerprint density at radius 1 is 1.61 bits per heavy atom. The number of amides is 1. The molecule has 0 fully saturated rings. The molecule has 0 aliphatic heterocycles. The Kier molecular flexibility index (Phi) is 5.81. The van der Waals surface area contributed by atoms with Gasteiger partial charge in [-0.2, -0.15) is 0 Å². The number of benzene rings is 1. The molecule has 3 nitrogen and oxygen atoms in total. The van der Waals surface area contributed by atoms with Crippen molar-refractivity contribution >= 4 is 57.3 Å². The Morgan fingerprint density at radius 3 is 2.72 bits per heavy atom. The van der Waals surface area contributed by atoms with Crippen molar-refractivity contribution in [3.05, 3.63) is 32.4 Å². The maximum Gasteiger partial charge on any atom is 0.253 e. The number of nitrogens with two attached hydrogens (primary N) is 1. The normalized spacial score (nSPS) is 12.0. The lowest BCUT2D eigenvalue weighted by molar-refractivity contribution is 0.0787. The molecule has 1 aromatic carbocycles. The van der Waals surface area contributed by atoms with Gasteiger partial charge in [-0.15, -0.1) is 0 Å². The second kappa shape index (κ2) is 6.68. The molecule has 98 valence electrons. The number of hydrogen-bond donors (Lipinski definition) is 1. The van der Waals surface area contributed by atoms with E-state index in [1.807, 2.05) is 13.0 Å². The Labute approximate surface area is 131 Å². The van der Waals surface area contributed by atoms with E-state index in [0.717, 1.165) is 3.57 Å². The summed E-state index contributed by atoms with van der Waals surface area (Å²) in [5, 5.41) is 0.581. The summed E-state index contributed by atoms with van der Waals surface area (Å²) in [6.07, 6.45) is 0. The number of rotatable bonds is 4. The van der Waals surface area contributed by atoms with Crippen molar-refractivity contribution in [2.45, 2.75) is 6.92 Å². The fraction of sp³-hybridized carbons (Fsp3) is 0.333. The number of carbonyl (C=O) groups is 1. The summed E-state index contributed by atoms with van der Waals surface area (Å²) in [6.45, 7) is 2.39. The van der Waals surface area contributed by atoms with Gasteiger partial charge in [-0.05, 0) is 40.8 Å². The molecular formula is C12H14ClIN2OS. The van der Waals surface area contributed by atoms with Crippen molar-refractivity contribution in [2.75, 3.05) is 13.6 Å². The largest absolute Gasteiger partial charge is 0.393 e. The van der Waals surface area contributed by atoms with E-state index in [-0.39, 0.29) is 11.8 Å². The van der Waals surface area contributed by atoms with Crippen LogP contribution in [0.15, 0.2) is 18.2 Å². The summed E-state index contributed by atoms with van der Waals surface area (Å²) in [5.74, 6) is -0.0929. The molecule has 0 bridgehead atoms. The highest BCUT2D eigenvalue weighted by Gasteiger charge is 2.16. The molecule has 6 heteroatoms. The van der Waals surface area contributed by atoms with E-state index < -0.39 is 0 Å². The molecule has 0 heterocycles. The maximum absolute atomic E-state index is 12.1. The van der Waals surface area contributed by atoms with Gasteiger partial charge in [0.25, 0.3) is 5.91 Å². The Hall–Kier alpha value is -0.400. The average molecular weight is 397 g/mol. The Bertz CT molecular complexity index is 481. The standard InChI is InChI=1S/C12H14ClIN2OS/c1-7(11(15)18)6-16(2)12(17)8-3-4-10(14)9(13)5-8/h3-5,7H,6H2,1-2H3,(H2,15,18). The molecule has 0 aliphatic rings. The van der Waals surface area contributed by atoms with E-state index in [0.29, 0.717) is 22.1 Å². The molecule has 2 N–H and O–H groups in total. The van der Waals surface area contributed by atoms with Crippen LogP contribution in [0, 0.1) is 9.49 Å². The van der Waals surface area contributed by atoms with Crippen LogP contribution >= 0.6 is 46.4 Å². The smallest absolute Gasteiger partial charge is 0.253 e. The number of halogens is 2. The van der Waals surface area contributed by atoms with E-state index in [2.05, 4.69) is 22.6 Å². The van der Waals surface area contributed by atoms with Crippen LogP contribution in [0.25, 0.3) is 0 Å². The van der Waals surface area contributed by atoms with Crippen molar-refractivity contribution in [1.82, 2.24) is 4.90 Å². The molecule has 1 atom stereocenters. The van der Waals surface area contributed by atoms with Crippen LogP contribution in [0.4, 0.5) is 0 Å². The van der Waals surface area contributed by atoms with E-state index in [4.69, 9.17) is 29.6 Å². The van der Waals surface area contributed by atoms with Gasteiger partial charge in [-0.3, -0.25) is 4.79 Å². The van der Waals surface area contributed by atoms with Crippen LogP contribution in [0.3, 0.4) is 0 Å². The lowest BCUT2D eigenvalue weighted by Gasteiger charge is -2.21. The Balaban J connectivity index is 2.80. The van der Waals surface area contributed by atoms with Gasteiger partial charge in [0.15, 0.2) is 0 Å². The quantitative estimate of drug-likeness (QED) is 0.629. The monoisotopic (exact) mass is 396 g/mol. The summed E-state index contributed by atoms with van der Waals surface area (Å²) < 4.78 is 0.921. The molecule has 0 radical (unpaired) electrons. The van der Waals surface area contributed by atoms with Crippen molar-refractivity contribution in [3.63, 3.8) is 0 Å². The van der Waals surface area contributed by atoms with Gasteiger partial charge >= 0.3 is 0 Å². The summed E-state index contributed by atoms with van der Waals surface area (Å²) in [6, 6.07) is 5.26. The van der Waals surface area contributed by atoms with Gasteiger partial charge in [0, 0.05) is 28.6 Å². The van der Waals surface area contributed by atoms with Crippen LogP contribution in [-0.2, 0) is 0 Å². The van der Waals surface area contributed by atoms with E-state index in [1.54, 1.807) is 24.1 Å².